The summed E-state index contributed by atoms with van der Waals surface area (Å²) in [6.45, 7) is 6.94. The van der Waals surface area contributed by atoms with Gasteiger partial charge in [-0.15, -0.1) is 0 Å². The second-order valence-electron chi connectivity index (χ2n) is 5.19. The van der Waals surface area contributed by atoms with Gasteiger partial charge in [0.2, 0.25) is 0 Å². The Balaban J connectivity index is 2.12. The average molecular weight is 183 g/mol. The molecular formula is C11H21NO. The standard InChI is InChI=1S/C11H21NO/c1-7-5-12(3)6-10-8(2)11(13)4-9(7)10/h7-11,13H,4-6H2,1-3H3/t7-,8-,9-,10-,11+/m1/s1. The van der Waals surface area contributed by atoms with Gasteiger partial charge in [0.25, 0.3) is 0 Å². The van der Waals surface area contributed by atoms with Gasteiger partial charge in [-0.2, -0.15) is 0 Å². The first-order chi connectivity index (χ1) is 6.09. The van der Waals surface area contributed by atoms with Crippen molar-refractivity contribution in [2.24, 2.45) is 23.7 Å². The Hall–Kier alpha value is -0.0800. The summed E-state index contributed by atoms with van der Waals surface area (Å²) in [5.41, 5.74) is 0. The van der Waals surface area contributed by atoms with E-state index in [0.29, 0.717) is 5.92 Å². The van der Waals surface area contributed by atoms with Gasteiger partial charge in [0.15, 0.2) is 0 Å². The van der Waals surface area contributed by atoms with Crippen LogP contribution in [0.4, 0.5) is 0 Å². The number of aliphatic hydroxyl groups is 1. The van der Waals surface area contributed by atoms with Crippen LogP contribution in [0.1, 0.15) is 20.3 Å². The van der Waals surface area contributed by atoms with E-state index in [0.717, 1.165) is 24.2 Å². The van der Waals surface area contributed by atoms with E-state index >= 15 is 0 Å². The van der Waals surface area contributed by atoms with E-state index in [9.17, 15) is 5.11 Å². The van der Waals surface area contributed by atoms with Crippen LogP contribution in [-0.2, 0) is 0 Å². The number of likely N-dealkylation sites (tertiary alicyclic amines) is 1. The van der Waals surface area contributed by atoms with E-state index in [-0.39, 0.29) is 6.10 Å². The van der Waals surface area contributed by atoms with Crippen LogP contribution in [0, 0.1) is 23.7 Å². The van der Waals surface area contributed by atoms with Crippen molar-refractivity contribution >= 4 is 0 Å². The lowest BCUT2D eigenvalue weighted by Gasteiger charge is -2.38. The maximum atomic E-state index is 9.81. The fourth-order valence-electron chi connectivity index (χ4n) is 3.36. The van der Waals surface area contributed by atoms with E-state index in [2.05, 4.69) is 25.8 Å². The first-order valence-corrected chi connectivity index (χ1v) is 5.46. The lowest BCUT2D eigenvalue weighted by molar-refractivity contribution is 0.0850. The van der Waals surface area contributed by atoms with Crippen molar-refractivity contribution in [3.05, 3.63) is 0 Å². The van der Waals surface area contributed by atoms with Gasteiger partial charge in [0.1, 0.15) is 0 Å². The quantitative estimate of drug-likeness (QED) is 0.610. The third kappa shape index (κ3) is 1.50. The molecule has 1 N–H and O–H groups in total. The van der Waals surface area contributed by atoms with Crippen LogP contribution in [-0.4, -0.2) is 36.2 Å². The van der Waals surface area contributed by atoms with Crippen molar-refractivity contribution in [1.82, 2.24) is 4.90 Å². The molecule has 76 valence electrons. The van der Waals surface area contributed by atoms with E-state index in [1.165, 1.54) is 13.1 Å². The SMILES string of the molecule is C[C@@H]1[C@H]2CN(C)C[C@@H](C)[C@H]2C[C@@H]1O. The van der Waals surface area contributed by atoms with E-state index < -0.39 is 0 Å². The van der Waals surface area contributed by atoms with Gasteiger partial charge in [-0.1, -0.05) is 13.8 Å². The molecule has 1 saturated carbocycles. The third-order valence-electron chi connectivity index (χ3n) is 4.20. The van der Waals surface area contributed by atoms with E-state index in [1.54, 1.807) is 0 Å². The number of fused-ring (bicyclic) bond motifs is 1. The number of hydrogen-bond donors (Lipinski definition) is 1. The molecular weight excluding hydrogens is 162 g/mol. The molecule has 1 aliphatic heterocycles. The largest absolute Gasteiger partial charge is 0.393 e. The van der Waals surface area contributed by atoms with Gasteiger partial charge < -0.3 is 10.0 Å². The van der Waals surface area contributed by atoms with Gasteiger partial charge in [-0.3, -0.25) is 0 Å². The number of hydrogen-bond acceptors (Lipinski definition) is 2. The van der Waals surface area contributed by atoms with Crippen LogP contribution in [0.3, 0.4) is 0 Å². The molecule has 0 unspecified atom stereocenters. The predicted molar refractivity (Wildman–Crippen MR) is 53.4 cm³/mol. The van der Waals surface area contributed by atoms with Crippen LogP contribution in [0.2, 0.25) is 0 Å². The van der Waals surface area contributed by atoms with E-state index in [1.807, 2.05) is 0 Å². The molecule has 2 heteroatoms. The Morgan fingerprint density at radius 3 is 2.54 bits per heavy atom. The lowest BCUT2D eigenvalue weighted by Crippen LogP contribution is -2.42. The zero-order valence-electron chi connectivity index (χ0n) is 8.90. The zero-order valence-corrected chi connectivity index (χ0v) is 8.90. The number of rotatable bonds is 0. The summed E-state index contributed by atoms with van der Waals surface area (Å²) in [6, 6.07) is 0. The molecule has 0 aromatic rings. The van der Waals surface area contributed by atoms with Gasteiger partial charge in [-0.25, -0.2) is 0 Å². The summed E-state index contributed by atoms with van der Waals surface area (Å²) in [5, 5.41) is 9.81. The summed E-state index contributed by atoms with van der Waals surface area (Å²) in [5.74, 6) is 2.79. The minimum atomic E-state index is -0.0380. The maximum Gasteiger partial charge on any atom is 0.0571 e. The fourth-order valence-corrected chi connectivity index (χ4v) is 3.36. The minimum absolute atomic E-state index is 0.0380. The number of piperidine rings is 1. The summed E-state index contributed by atoms with van der Waals surface area (Å²) in [6.07, 6.45) is 1.00. The molecule has 0 amide bonds. The third-order valence-corrected chi connectivity index (χ3v) is 4.20. The minimum Gasteiger partial charge on any atom is -0.393 e. The monoisotopic (exact) mass is 183 g/mol. The van der Waals surface area contributed by atoms with Crippen LogP contribution in [0.25, 0.3) is 0 Å². The van der Waals surface area contributed by atoms with Crippen LogP contribution in [0.5, 0.6) is 0 Å². The molecule has 1 saturated heterocycles. The Bertz CT molecular complexity index is 195. The molecule has 0 aromatic heterocycles. The Morgan fingerprint density at radius 1 is 1.15 bits per heavy atom. The van der Waals surface area contributed by atoms with Crippen LogP contribution < -0.4 is 0 Å². The summed E-state index contributed by atoms with van der Waals surface area (Å²) in [7, 11) is 2.20. The van der Waals surface area contributed by atoms with Gasteiger partial charge in [0, 0.05) is 13.1 Å². The number of nitrogens with zero attached hydrogens (tertiary/aromatic N) is 1. The zero-order chi connectivity index (χ0) is 9.59. The molecule has 1 heterocycles. The molecule has 0 spiro atoms. The molecule has 2 fully saturated rings. The van der Waals surface area contributed by atoms with Crippen molar-refractivity contribution in [2.75, 3.05) is 20.1 Å². The second kappa shape index (κ2) is 3.25. The van der Waals surface area contributed by atoms with Crippen LogP contribution in [0.15, 0.2) is 0 Å². The molecule has 13 heavy (non-hydrogen) atoms. The molecule has 0 radical (unpaired) electrons. The fraction of sp³-hybridized carbons (Fsp3) is 1.00. The Morgan fingerprint density at radius 2 is 1.85 bits per heavy atom. The molecule has 2 rings (SSSR count). The van der Waals surface area contributed by atoms with Gasteiger partial charge in [0.05, 0.1) is 6.10 Å². The molecule has 0 bridgehead atoms. The van der Waals surface area contributed by atoms with Gasteiger partial charge >= 0.3 is 0 Å². The molecule has 2 nitrogen and oxygen atoms in total. The topological polar surface area (TPSA) is 23.5 Å². The van der Waals surface area contributed by atoms with Gasteiger partial charge in [-0.05, 0) is 37.1 Å². The highest BCUT2D eigenvalue weighted by atomic mass is 16.3. The summed E-state index contributed by atoms with van der Waals surface area (Å²) >= 11 is 0. The second-order valence-corrected chi connectivity index (χ2v) is 5.19. The average Bonchev–Trinajstić information content (AvgIpc) is 2.32. The highest BCUT2D eigenvalue weighted by Crippen LogP contribution is 2.44. The molecule has 5 atom stereocenters. The first kappa shape index (κ1) is 9.47. The van der Waals surface area contributed by atoms with E-state index in [4.69, 9.17) is 0 Å². The summed E-state index contributed by atoms with van der Waals surface area (Å²) in [4.78, 5) is 2.42. The highest BCUT2D eigenvalue weighted by molar-refractivity contribution is 4.95. The van der Waals surface area contributed by atoms with Crippen molar-refractivity contribution in [3.8, 4) is 0 Å². The van der Waals surface area contributed by atoms with Crippen LogP contribution >= 0.6 is 0 Å². The highest BCUT2D eigenvalue weighted by Gasteiger charge is 2.44. The number of aliphatic hydroxyl groups excluding tert-OH is 1. The van der Waals surface area contributed by atoms with Crippen molar-refractivity contribution in [3.63, 3.8) is 0 Å². The molecule has 1 aliphatic carbocycles. The predicted octanol–water partition coefficient (Wildman–Crippen LogP) is 1.20. The normalized spacial score (nSPS) is 52.2. The molecule has 2 aliphatic rings. The first-order valence-electron chi connectivity index (χ1n) is 5.46. The van der Waals surface area contributed by atoms with Crippen molar-refractivity contribution in [1.29, 1.82) is 0 Å². The smallest absolute Gasteiger partial charge is 0.0571 e. The van der Waals surface area contributed by atoms with Crippen molar-refractivity contribution in [2.45, 2.75) is 26.4 Å². The Labute approximate surface area is 80.9 Å². The maximum absolute atomic E-state index is 9.81. The lowest BCUT2D eigenvalue weighted by atomic mass is 9.79. The van der Waals surface area contributed by atoms with Crippen molar-refractivity contribution < 1.29 is 5.11 Å². The summed E-state index contributed by atoms with van der Waals surface area (Å²) < 4.78 is 0. The Kier molecular flexibility index (Phi) is 2.37. The molecule has 0 aromatic carbocycles.